The number of benzene rings is 14. The van der Waals surface area contributed by atoms with E-state index in [2.05, 4.69) is 374 Å². The van der Waals surface area contributed by atoms with Crippen molar-refractivity contribution < 1.29 is 0 Å². The zero-order valence-electron chi connectivity index (χ0n) is 49.7. The molecular formula is C88H62N2. The minimum Gasteiger partial charge on any atom is -0.330 e. The van der Waals surface area contributed by atoms with Crippen LogP contribution in [0.3, 0.4) is 0 Å². The summed E-state index contributed by atoms with van der Waals surface area (Å²) in [7, 11) is 0. The molecule has 0 radical (unpaired) electrons. The van der Waals surface area contributed by atoms with Gasteiger partial charge in [0.2, 0.25) is 0 Å². The molecule has 0 bridgehead atoms. The molecule has 0 N–H and O–H groups in total. The summed E-state index contributed by atoms with van der Waals surface area (Å²) in [5.74, 6) is 0.173. The van der Waals surface area contributed by atoms with E-state index in [4.69, 9.17) is 0 Å². The summed E-state index contributed by atoms with van der Waals surface area (Å²) in [6.45, 7) is 0. The molecule has 2 heteroatoms. The summed E-state index contributed by atoms with van der Waals surface area (Å²) in [5.41, 5.74) is 23.7. The zero-order valence-corrected chi connectivity index (χ0v) is 49.7. The molecule has 0 aromatic heterocycles. The Bertz CT molecular complexity index is 4980. The Hall–Kier alpha value is -11.6. The highest BCUT2D eigenvalue weighted by Crippen LogP contribution is 2.51. The van der Waals surface area contributed by atoms with E-state index in [-0.39, 0.29) is 12.0 Å². The molecule has 0 saturated carbocycles. The van der Waals surface area contributed by atoms with Gasteiger partial charge in [0.05, 0.1) is 11.7 Å². The number of anilines is 5. The summed E-state index contributed by atoms with van der Waals surface area (Å²) >= 11 is 0. The predicted molar refractivity (Wildman–Crippen MR) is 383 cm³/mol. The molecule has 0 saturated heterocycles. The first kappa shape index (κ1) is 53.9. The Labute approximate surface area is 526 Å². The van der Waals surface area contributed by atoms with Crippen LogP contribution in [0.1, 0.15) is 67.6 Å². The number of rotatable bonds is 13. The maximum Gasteiger partial charge on any atom is 0.0784 e. The van der Waals surface area contributed by atoms with E-state index >= 15 is 0 Å². The summed E-state index contributed by atoms with van der Waals surface area (Å²) in [5, 5.41) is 7.36. The highest BCUT2D eigenvalue weighted by molar-refractivity contribution is 6.21. The third-order valence-electron chi connectivity index (χ3n) is 18.2. The van der Waals surface area contributed by atoms with Gasteiger partial charge in [-0.1, -0.05) is 297 Å². The zero-order chi connectivity index (χ0) is 59.7. The molecular weight excluding hydrogens is 1080 g/mol. The number of fused-ring (bicyclic) bond motifs is 10. The molecule has 0 heterocycles. The van der Waals surface area contributed by atoms with Crippen molar-refractivity contribution in [1.29, 1.82) is 0 Å². The monoisotopic (exact) mass is 1150 g/mol. The minimum atomic E-state index is -0.0854. The molecule has 2 unspecified atom stereocenters. The molecule has 16 rings (SSSR count). The van der Waals surface area contributed by atoms with Crippen LogP contribution in [0.15, 0.2) is 346 Å². The Kier molecular flexibility index (Phi) is 14.1. The van der Waals surface area contributed by atoms with E-state index in [1.807, 2.05) is 0 Å². The SMILES string of the molecule is C1=CC2C(=CC(N(c3ccc(C=C(c4ccccc4)c4ccccc4)cc3)c3ccc(-c4ccc(N(c5ccc(C=C(c6ccccc6)c6ccccc6)cc5)c5cc6c7ccccc7ccc6c6ccccc56)cc4)cc3)c3ccccc32)c2ccccc21. The molecule has 0 amide bonds. The van der Waals surface area contributed by atoms with Crippen molar-refractivity contribution >= 4 is 95.7 Å². The summed E-state index contributed by atoms with van der Waals surface area (Å²) < 4.78 is 0. The van der Waals surface area contributed by atoms with Crippen LogP contribution < -0.4 is 9.80 Å². The number of hydrogen-bond donors (Lipinski definition) is 0. The first-order chi connectivity index (χ1) is 44.6. The van der Waals surface area contributed by atoms with Gasteiger partial charge >= 0.3 is 0 Å². The lowest BCUT2D eigenvalue weighted by atomic mass is 9.73. The first-order valence-electron chi connectivity index (χ1n) is 31.2. The standard InChI is InChI=1S/C88H62N2/c1-5-21-65(22-6-1)83(66-23-7-2-8-24-66)57-61-37-47-71(48-38-61)89(87-59-85-75-31-15-13-29-69(75)45-55-79(85)77-33-17-19-35-81(77)87)73-51-41-63(42-52-73)64-43-53-74(54-44-64)90(88-60-86-76-32-16-14-30-70(76)46-56-80(86)78-34-18-20-36-82(78)88)72-49-39-62(40-50-72)58-84(67-25-9-3-10-26-67)68-27-11-4-12-28-68/h1-60,79,87H. The van der Waals surface area contributed by atoms with Crippen molar-refractivity contribution in [1.82, 2.24) is 0 Å². The van der Waals surface area contributed by atoms with E-state index in [0.29, 0.717) is 0 Å². The average molecular weight is 1150 g/mol. The molecule has 0 spiro atoms. The van der Waals surface area contributed by atoms with E-state index in [0.717, 1.165) is 50.7 Å². The van der Waals surface area contributed by atoms with Crippen LogP contribution in [0, 0.1) is 0 Å². The second-order valence-corrected chi connectivity index (χ2v) is 23.5. The van der Waals surface area contributed by atoms with Gasteiger partial charge < -0.3 is 9.80 Å². The van der Waals surface area contributed by atoms with Gasteiger partial charge in [-0.3, -0.25) is 0 Å². The van der Waals surface area contributed by atoms with Crippen LogP contribution >= 0.6 is 0 Å². The molecule has 90 heavy (non-hydrogen) atoms. The topological polar surface area (TPSA) is 6.48 Å². The third kappa shape index (κ3) is 10.2. The van der Waals surface area contributed by atoms with Crippen molar-refractivity contribution in [3.8, 4) is 11.1 Å². The molecule has 2 atom stereocenters. The Morgan fingerprint density at radius 2 is 0.756 bits per heavy atom. The van der Waals surface area contributed by atoms with Crippen LogP contribution in [-0.2, 0) is 0 Å². The molecule has 14 aromatic rings. The highest BCUT2D eigenvalue weighted by Gasteiger charge is 2.34. The Balaban J connectivity index is 0.795. The quantitative estimate of drug-likeness (QED) is 0.0839. The van der Waals surface area contributed by atoms with Crippen LogP contribution in [0.4, 0.5) is 28.4 Å². The maximum absolute atomic E-state index is 2.54. The minimum absolute atomic E-state index is 0.0854. The maximum atomic E-state index is 2.54. The second kappa shape index (κ2) is 23.6. The van der Waals surface area contributed by atoms with Crippen molar-refractivity contribution in [2.45, 2.75) is 12.0 Å². The summed E-state index contributed by atoms with van der Waals surface area (Å²) in [6.07, 6.45) is 11.9. The molecule has 2 nitrogen and oxygen atoms in total. The summed E-state index contributed by atoms with van der Waals surface area (Å²) in [4.78, 5) is 4.99. The van der Waals surface area contributed by atoms with Crippen molar-refractivity contribution in [3.63, 3.8) is 0 Å². The molecule has 2 aliphatic rings. The molecule has 0 fully saturated rings. The fourth-order valence-corrected chi connectivity index (χ4v) is 13.8. The van der Waals surface area contributed by atoms with Crippen LogP contribution in [-0.4, -0.2) is 0 Å². The van der Waals surface area contributed by atoms with Crippen LogP contribution in [0.2, 0.25) is 0 Å². The van der Waals surface area contributed by atoms with E-state index in [9.17, 15) is 0 Å². The van der Waals surface area contributed by atoms with E-state index in [1.165, 1.54) is 93.5 Å². The van der Waals surface area contributed by atoms with Gasteiger partial charge in [0, 0.05) is 34.1 Å². The van der Waals surface area contributed by atoms with Crippen molar-refractivity contribution in [2.24, 2.45) is 0 Å². The van der Waals surface area contributed by atoms with E-state index in [1.54, 1.807) is 0 Å². The summed E-state index contributed by atoms with van der Waals surface area (Å²) in [6, 6.07) is 122. The second-order valence-electron chi connectivity index (χ2n) is 23.5. The van der Waals surface area contributed by atoms with Crippen LogP contribution in [0.25, 0.3) is 78.4 Å². The van der Waals surface area contributed by atoms with Gasteiger partial charge in [-0.05, 0) is 177 Å². The van der Waals surface area contributed by atoms with Gasteiger partial charge in [-0.2, -0.15) is 0 Å². The largest absolute Gasteiger partial charge is 0.330 e. The van der Waals surface area contributed by atoms with Crippen LogP contribution in [0.5, 0.6) is 0 Å². The lowest BCUT2D eigenvalue weighted by Gasteiger charge is -2.39. The molecule has 0 aliphatic heterocycles. The Morgan fingerprint density at radius 1 is 0.322 bits per heavy atom. The fourth-order valence-electron chi connectivity index (χ4n) is 13.8. The van der Waals surface area contributed by atoms with Crippen molar-refractivity contribution in [3.05, 3.63) is 401 Å². The normalized spacial score (nSPS) is 13.8. The van der Waals surface area contributed by atoms with Gasteiger partial charge in [0.15, 0.2) is 0 Å². The fraction of sp³-hybridized carbons (Fsp3) is 0.0227. The third-order valence-corrected chi connectivity index (χ3v) is 18.2. The number of allylic oxidation sites excluding steroid dienone is 2. The van der Waals surface area contributed by atoms with Gasteiger partial charge in [0.1, 0.15) is 0 Å². The number of nitrogens with zero attached hydrogens (tertiary/aromatic N) is 2. The lowest BCUT2D eigenvalue weighted by Crippen LogP contribution is -2.27. The lowest BCUT2D eigenvalue weighted by molar-refractivity contribution is 0.807. The Morgan fingerprint density at radius 3 is 1.32 bits per heavy atom. The van der Waals surface area contributed by atoms with Gasteiger partial charge in [-0.15, -0.1) is 0 Å². The predicted octanol–water partition coefficient (Wildman–Crippen LogP) is 23.5. The van der Waals surface area contributed by atoms with Gasteiger partial charge in [-0.25, -0.2) is 0 Å². The average Bonchev–Trinajstić information content (AvgIpc) is 0.801. The van der Waals surface area contributed by atoms with Crippen molar-refractivity contribution in [2.75, 3.05) is 9.80 Å². The molecule has 2 aliphatic carbocycles. The first-order valence-corrected chi connectivity index (χ1v) is 31.2. The molecule has 14 aromatic carbocycles. The smallest absolute Gasteiger partial charge is 0.0784 e. The highest BCUT2D eigenvalue weighted by atomic mass is 15.2. The number of hydrogen-bond acceptors (Lipinski definition) is 2. The molecule has 424 valence electrons. The van der Waals surface area contributed by atoms with E-state index < -0.39 is 0 Å². The van der Waals surface area contributed by atoms with Gasteiger partial charge in [0.25, 0.3) is 0 Å².